The standard InChI is InChI=1S/C26H27N5O4S2/c1-29-25(32)21-23(31(26(29)33)17-18-9-5-4-6-10-18)27-22(28-24(21)36)19-11-13-20(14-12-19)37(34,35)30-15-7-2-3-8-16-30/h4-6,9-14H,2-3,7-8,15-17H2,1H3,(H,27,28,36). The Kier molecular flexibility index (Phi) is 6.93. The number of aromatic amines is 1. The van der Waals surface area contributed by atoms with Crippen LogP contribution in [0.4, 0.5) is 0 Å². The number of benzene rings is 2. The van der Waals surface area contributed by atoms with E-state index in [0.717, 1.165) is 35.8 Å². The summed E-state index contributed by atoms with van der Waals surface area (Å²) in [4.78, 5) is 33.7. The molecule has 1 aliphatic heterocycles. The van der Waals surface area contributed by atoms with Gasteiger partial charge in [0.25, 0.3) is 5.56 Å². The minimum atomic E-state index is -3.59. The number of nitrogens with one attached hydrogen (secondary N) is 1. The average molecular weight is 538 g/mol. The van der Waals surface area contributed by atoms with Crippen LogP contribution < -0.4 is 11.2 Å². The highest BCUT2D eigenvalue weighted by Crippen LogP contribution is 2.24. The molecule has 2 aromatic carbocycles. The molecule has 0 atom stereocenters. The highest BCUT2D eigenvalue weighted by atomic mass is 32.2. The second kappa shape index (κ2) is 10.2. The molecule has 4 aromatic rings. The number of sulfonamides is 1. The monoisotopic (exact) mass is 537 g/mol. The molecule has 3 heterocycles. The van der Waals surface area contributed by atoms with E-state index in [4.69, 9.17) is 12.2 Å². The molecule has 0 aliphatic carbocycles. The number of fused-ring (bicyclic) bond motifs is 1. The van der Waals surface area contributed by atoms with Gasteiger partial charge in [0.15, 0.2) is 0 Å². The Hall–Kier alpha value is -3.41. The molecule has 11 heteroatoms. The lowest BCUT2D eigenvalue weighted by Crippen LogP contribution is -2.39. The quantitative estimate of drug-likeness (QED) is 0.391. The third-order valence-corrected chi connectivity index (χ3v) is 8.93. The Morgan fingerprint density at radius 2 is 1.59 bits per heavy atom. The third-order valence-electron chi connectivity index (χ3n) is 6.72. The number of hydrogen-bond donors (Lipinski definition) is 1. The first-order chi connectivity index (χ1) is 17.8. The van der Waals surface area contributed by atoms with Crippen LogP contribution in [-0.4, -0.2) is 44.9 Å². The van der Waals surface area contributed by atoms with Crippen LogP contribution in [0, 0.1) is 4.64 Å². The van der Waals surface area contributed by atoms with Gasteiger partial charge in [-0.3, -0.25) is 13.9 Å². The topological polar surface area (TPSA) is 110 Å². The Morgan fingerprint density at radius 1 is 0.946 bits per heavy atom. The number of H-pyrrole nitrogens is 1. The molecule has 0 bridgehead atoms. The molecule has 9 nitrogen and oxygen atoms in total. The molecule has 2 aromatic heterocycles. The minimum Gasteiger partial charge on any atom is -0.325 e. The minimum absolute atomic E-state index is 0.0624. The second-order valence-electron chi connectivity index (χ2n) is 9.18. The fourth-order valence-corrected chi connectivity index (χ4v) is 6.45. The first-order valence-corrected chi connectivity index (χ1v) is 14.0. The molecule has 0 amide bonds. The Balaban J connectivity index is 1.59. The van der Waals surface area contributed by atoms with Gasteiger partial charge in [-0.05, 0) is 42.7 Å². The van der Waals surface area contributed by atoms with Crippen molar-refractivity contribution in [1.82, 2.24) is 23.4 Å². The first kappa shape index (κ1) is 25.2. The molecule has 5 rings (SSSR count). The molecule has 0 unspecified atom stereocenters. The molecule has 0 radical (unpaired) electrons. The lowest BCUT2D eigenvalue weighted by molar-refractivity contribution is 0.424. The SMILES string of the molecule is Cn1c(=O)c2c(=S)nc(-c3ccc(S(=O)(=O)N4CCCCCC4)cc3)[nH]c2n(Cc2ccccc2)c1=O. The third kappa shape index (κ3) is 4.81. The van der Waals surface area contributed by atoms with Crippen LogP contribution in [0.1, 0.15) is 31.2 Å². The van der Waals surface area contributed by atoms with Gasteiger partial charge >= 0.3 is 5.69 Å². The maximum atomic E-state index is 13.2. The second-order valence-corrected chi connectivity index (χ2v) is 11.5. The van der Waals surface area contributed by atoms with Crippen LogP contribution in [-0.2, 0) is 23.6 Å². The van der Waals surface area contributed by atoms with E-state index in [9.17, 15) is 18.0 Å². The molecule has 1 fully saturated rings. The van der Waals surface area contributed by atoms with E-state index in [-0.39, 0.29) is 27.1 Å². The predicted molar refractivity (Wildman–Crippen MR) is 145 cm³/mol. The van der Waals surface area contributed by atoms with Gasteiger partial charge in [0, 0.05) is 25.7 Å². The molecule has 0 spiro atoms. The molecular weight excluding hydrogens is 510 g/mol. The van der Waals surface area contributed by atoms with Crippen molar-refractivity contribution in [3.8, 4) is 11.4 Å². The van der Waals surface area contributed by atoms with Crippen LogP contribution in [0.5, 0.6) is 0 Å². The Labute approximate surface area is 219 Å². The first-order valence-electron chi connectivity index (χ1n) is 12.2. The molecule has 1 saturated heterocycles. The summed E-state index contributed by atoms with van der Waals surface area (Å²) in [6.45, 7) is 1.28. The zero-order valence-electron chi connectivity index (χ0n) is 20.4. The van der Waals surface area contributed by atoms with E-state index >= 15 is 0 Å². The number of rotatable bonds is 5. The van der Waals surface area contributed by atoms with Crippen LogP contribution in [0.15, 0.2) is 69.1 Å². The van der Waals surface area contributed by atoms with Gasteiger partial charge in [-0.1, -0.05) is 55.4 Å². The maximum Gasteiger partial charge on any atom is 0.332 e. The zero-order chi connectivity index (χ0) is 26.2. The summed E-state index contributed by atoms with van der Waals surface area (Å²) in [6.07, 6.45) is 3.80. The Morgan fingerprint density at radius 3 is 2.24 bits per heavy atom. The summed E-state index contributed by atoms with van der Waals surface area (Å²) in [5.41, 5.74) is 0.729. The van der Waals surface area contributed by atoms with E-state index in [0.29, 0.717) is 24.5 Å². The molecule has 1 aliphatic rings. The number of hydrogen-bond acceptors (Lipinski definition) is 6. The molecule has 37 heavy (non-hydrogen) atoms. The van der Waals surface area contributed by atoms with Gasteiger partial charge in [0.2, 0.25) is 10.0 Å². The highest BCUT2D eigenvalue weighted by molar-refractivity contribution is 7.89. The van der Waals surface area contributed by atoms with Crippen molar-refractivity contribution in [3.05, 3.63) is 85.6 Å². The zero-order valence-corrected chi connectivity index (χ0v) is 22.0. The smallest absolute Gasteiger partial charge is 0.325 e. The fourth-order valence-electron chi connectivity index (χ4n) is 4.65. The summed E-state index contributed by atoms with van der Waals surface area (Å²) < 4.78 is 30.4. The molecule has 1 N–H and O–H groups in total. The van der Waals surface area contributed by atoms with Crippen molar-refractivity contribution in [3.63, 3.8) is 0 Å². The van der Waals surface area contributed by atoms with Crippen molar-refractivity contribution in [2.75, 3.05) is 13.1 Å². The van der Waals surface area contributed by atoms with Crippen molar-refractivity contribution < 1.29 is 8.42 Å². The van der Waals surface area contributed by atoms with Crippen molar-refractivity contribution >= 4 is 33.3 Å². The normalized spacial score (nSPS) is 15.1. The largest absolute Gasteiger partial charge is 0.332 e. The van der Waals surface area contributed by atoms with Crippen molar-refractivity contribution in [1.29, 1.82) is 0 Å². The van der Waals surface area contributed by atoms with Crippen molar-refractivity contribution in [2.45, 2.75) is 37.1 Å². The summed E-state index contributed by atoms with van der Waals surface area (Å²) in [6, 6.07) is 15.8. The number of aromatic nitrogens is 4. The van der Waals surface area contributed by atoms with E-state index in [1.165, 1.54) is 11.6 Å². The summed E-state index contributed by atoms with van der Waals surface area (Å²) in [5.74, 6) is 0.339. The van der Waals surface area contributed by atoms with Gasteiger partial charge < -0.3 is 4.98 Å². The fraction of sp³-hybridized carbons (Fsp3) is 0.308. The van der Waals surface area contributed by atoms with E-state index in [1.807, 2.05) is 30.3 Å². The average Bonchev–Trinajstić information content (AvgIpc) is 3.20. The van der Waals surface area contributed by atoms with E-state index in [1.54, 1.807) is 28.6 Å². The predicted octanol–water partition coefficient (Wildman–Crippen LogP) is 3.43. The molecule has 192 valence electrons. The summed E-state index contributed by atoms with van der Waals surface area (Å²) in [7, 11) is -2.18. The van der Waals surface area contributed by atoms with Crippen LogP contribution in [0.3, 0.4) is 0 Å². The lowest BCUT2D eigenvalue weighted by atomic mass is 10.2. The van der Waals surface area contributed by atoms with Crippen LogP contribution >= 0.6 is 12.2 Å². The molecule has 0 saturated carbocycles. The lowest BCUT2D eigenvalue weighted by Gasteiger charge is -2.20. The van der Waals surface area contributed by atoms with Gasteiger partial charge in [-0.2, -0.15) is 4.31 Å². The van der Waals surface area contributed by atoms with Gasteiger partial charge in [0.05, 0.1) is 11.4 Å². The van der Waals surface area contributed by atoms with E-state index < -0.39 is 21.3 Å². The van der Waals surface area contributed by atoms with Gasteiger partial charge in [-0.15, -0.1) is 0 Å². The molecular formula is C26H27N5O4S2. The Bertz CT molecular complexity index is 1730. The van der Waals surface area contributed by atoms with Crippen LogP contribution in [0.2, 0.25) is 0 Å². The number of nitrogens with zero attached hydrogens (tertiary/aromatic N) is 4. The maximum absolute atomic E-state index is 13.2. The van der Waals surface area contributed by atoms with E-state index in [2.05, 4.69) is 9.97 Å². The van der Waals surface area contributed by atoms with Crippen LogP contribution in [0.25, 0.3) is 22.4 Å². The summed E-state index contributed by atoms with van der Waals surface area (Å²) in [5, 5.41) is 0.150. The van der Waals surface area contributed by atoms with Gasteiger partial charge in [-0.25, -0.2) is 18.2 Å². The van der Waals surface area contributed by atoms with Crippen molar-refractivity contribution in [2.24, 2.45) is 7.05 Å². The van der Waals surface area contributed by atoms with Gasteiger partial charge in [0.1, 0.15) is 21.5 Å². The summed E-state index contributed by atoms with van der Waals surface area (Å²) >= 11 is 5.48. The highest BCUT2D eigenvalue weighted by Gasteiger charge is 2.25.